The van der Waals surface area contributed by atoms with E-state index >= 15 is 0 Å². The molecule has 1 saturated heterocycles. The Morgan fingerprint density at radius 1 is 1.57 bits per heavy atom. The molecule has 1 aromatic rings. The van der Waals surface area contributed by atoms with Gasteiger partial charge in [0.15, 0.2) is 0 Å². The molecule has 1 N–H and O–H groups in total. The minimum absolute atomic E-state index is 0.167. The molecule has 4 heteroatoms. The molecule has 1 aromatic heterocycles. The van der Waals surface area contributed by atoms with Gasteiger partial charge in [0, 0.05) is 18.8 Å². The highest BCUT2D eigenvalue weighted by molar-refractivity contribution is 5.09. The zero-order valence-electron chi connectivity index (χ0n) is 8.41. The molecule has 14 heavy (non-hydrogen) atoms. The summed E-state index contributed by atoms with van der Waals surface area (Å²) in [5.41, 5.74) is 0.722. The van der Waals surface area contributed by atoms with E-state index in [1.165, 1.54) is 0 Å². The number of hydrogen-bond acceptors (Lipinski definition) is 2. The molecule has 0 bridgehead atoms. The summed E-state index contributed by atoms with van der Waals surface area (Å²) in [6, 6.07) is 0. The quantitative estimate of drug-likeness (QED) is 0.777. The van der Waals surface area contributed by atoms with E-state index in [1.807, 2.05) is 7.05 Å². The summed E-state index contributed by atoms with van der Waals surface area (Å²) in [6.07, 6.45) is 4.41. The van der Waals surface area contributed by atoms with E-state index in [0.717, 1.165) is 31.5 Å². The van der Waals surface area contributed by atoms with Crippen LogP contribution in [0.4, 0.5) is 4.39 Å². The van der Waals surface area contributed by atoms with Gasteiger partial charge in [0.1, 0.15) is 6.17 Å². The van der Waals surface area contributed by atoms with Crippen LogP contribution in [0.15, 0.2) is 12.4 Å². The van der Waals surface area contributed by atoms with Crippen molar-refractivity contribution in [3.8, 4) is 0 Å². The van der Waals surface area contributed by atoms with Gasteiger partial charge >= 0.3 is 0 Å². The lowest BCUT2D eigenvalue weighted by Gasteiger charge is -2.24. The maximum atomic E-state index is 14.0. The molecular weight excluding hydrogens is 181 g/mol. The Morgan fingerprint density at radius 3 is 2.86 bits per heavy atom. The minimum atomic E-state index is -0.842. The van der Waals surface area contributed by atoms with Gasteiger partial charge in [-0.2, -0.15) is 5.10 Å². The summed E-state index contributed by atoms with van der Waals surface area (Å²) in [5.74, 6) is 0.167. The molecule has 2 heterocycles. The first-order chi connectivity index (χ1) is 6.77. The van der Waals surface area contributed by atoms with E-state index in [4.69, 9.17) is 0 Å². The van der Waals surface area contributed by atoms with Crippen LogP contribution < -0.4 is 5.32 Å². The molecule has 0 radical (unpaired) electrons. The number of nitrogens with one attached hydrogen (secondary N) is 1. The van der Waals surface area contributed by atoms with Crippen molar-refractivity contribution in [3.05, 3.63) is 18.0 Å². The molecule has 2 rings (SSSR count). The molecule has 0 spiro atoms. The van der Waals surface area contributed by atoms with Gasteiger partial charge in [-0.25, -0.2) is 4.39 Å². The molecule has 0 aliphatic carbocycles. The Kier molecular flexibility index (Phi) is 2.82. The average molecular weight is 197 g/mol. The van der Waals surface area contributed by atoms with Crippen LogP contribution in [0.1, 0.15) is 24.6 Å². The maximum Gasteiger partial charge on any atom is 0.131 e. The predicted octanol–water partition coefficient (Wildman–Crippen LogP) is 1.43. The normalized spacial score (nSPS) is 21.0. The van der Waals surface area contributed by atoms with Crippen LogP contribution in [0, 0.1) is 5.92 Å². The van der Waals surface area contributed by atoms with Crippen molar-refractivity contribution in [2.24, 2.45) is 13.0 Å². The maximum absolute atomic E-state index is 14.0. The molecule has 1 atom stereocenters. The number of piperidine rings is 1. The third-order valence-corrected chi connectivity index (χ3v) is 2.84. The summed E-state index contributed by atoms with van der Waals surface area (Å²) in [5, 5.41) is 7.23. The van der Waals surface area contributed by atoms with Crippen LogP contribution in [0.25, 0.3) is 0 Å². The van der Waals surface area contributed by atoms with E-state index in [-0.39, 0.29) is 5.92 Å². The van der Waals surface area contributed by atoms with E-state index in [9.17, 15) is 4.39 Å². The summed E-state index contributed by atoms with van der Waals surface area (Å²) in [4.78, 5) is 0. The fourth-order valence-electron chi connectivity index (χ4n) is 1.99. The van der Waals surface area contributed by atoms with E-state index < -0.39 is 6.17 Å². The molecule has 0 aromatic carbocycles. The van der Waals surface area contributed by atoms with E-state index in [2.05, 4.69) is 10.4 Å². The Labute approximate surface area is 83.3 Å². The zero-order chi connectivity index (χ0) is 9.97. The van der Waals surface area contributed by atoms with Crippen molar-refractivity contribution < 1.29 is 4.39 Å². The lowest BCUT2D eigenvalue weighted by molar-refractivity contribution is 0.190. The number of nitrogens with zero attached hydrogens (tertiary/aromatic N) is 2. The molecule has 0 saturated carbocycles. The highest BCUT2D eigenvalue weighted by atomic mass is 19.1. The van der Waals surface area contributed by atoms with Gasteiger partial charge < -0.3 is 5.32 Å². The summed E-state index contributed by atoms with van der Waals surface area (Å²) in [6.45, 7) is 1.87. The molecule has 1 fully saturated rings. The van der Waals surface area contributed by atoms with Gasteiger partial charge in [0.05, 0.1) is 6.20 Å². The first kappa shape index (κ1) is 9.65. The second kappa shape index (κ2) is 4.09. The second-order valence-electron chi connectivity index (χ2n) is 3.94. The Balaban J connectivity index is 2.03. The van der Waals surface area contributed by atoms with Gasteiger partial charge in [-0.1, -0.05) is 0 Å². The lowest BCUT2D eigenvalue weighted by atomic mass is 9.90. The highest BCUT2D eigenvalue weighted by Gasteiger charge is 2.25. The third kappa shape index (κ3) is 1.95. The minimum Gasteiger partial charge on any atom is -0.317 e. The molecule has 1 unspecified atom stereocenters. The average Bonchev–Trinajstić information content (AvgIpc) is 2.65. The Bertz CT molecular complexity index is 291. The standard InChI is InChI=1S/C10H16FN3/c1-14-7-9(6-13-14)10(11)8-2-4-12-5-3-8/h6-8,10,12H,2-5H2,1H3. The molecule has 1 aliphatic heterocycles. The Morgan fingerprint density at radius 2 is 2.29 bits per heavy atom. The van der Waals surface area contributed by atoms with Gasteiger partial charge in [-0.3, -0.25) is 4.68 Å². The van der Waals surface area contributed by atoms with Gasteiger partial charge in [0.2, 0.25) is 0 Å². The number of halogens is 1. The second-order valence-corrected chi connectivity index (χ2v) is 3.94. The Hall–Kier alpha value is -0.900. The number of hydrogen-bond donors (Lipinski definition) is 1. The topological polar surface area (TPSA) is 29.9 Å². The van der Waals surface area contributed by atoms with Crippen LogP contribution in [0.5, 0.6) is 0 Å². The van der Waals surface area contributed by atoms with Crippen molar-refractivity contribution in [3.63, 3.8) is 0 Å². The predicted molar refractivity (Wildman–Crippen MR) is 52.7 cm³/mol. The summed E-state index contributed by atoms with van der Waals surface area (Å²) >= 11 is 0. The van der Waals surface area contributed by atoms with Crippen molar-refractivity contribution in [2.75, 3.05) is 13.1 Å². The summed E-state index contributed by atoms with van der Waals surface area (Å²) < 4.78 is 15.6. The molecular formula is C10H16FN3. The van der Waals surface area contributed by atoms with Gasteiger partial charge in [0.25, 0.3) is 0 Å². The smallest absolute Gasteiger partial charge is 0.131 e. The fraction of sp³-hybridized carbons (Fsp3) is 0.700. The number of aryl methyl sites for hydroxylation is 1. The lowest BCUT2D eigenvalue weighted by Crippen LogP contribution is -2.29. The third-order valence-electron chi connectivity index (χ3n) is 2.84. The number of alkyl halides is 1. The fourth-order valence-corrected chi connectivity index (χ4v) is 1.99. The van der Waals surface area contributed by atoms with Gasteiger partial charge in [-0.05, 0) is 31.8 Å². The van der Waals surface area contributed by atoms with Crippen LogP contribution in [-0.2, 0) is 7.05 Å². The van der Waals surface area contributed by atoms with E-state index in [1.54, 1.807) is 17.1 Å². The van der Waals surface area contributed by atoms with Crippen molar-refractivity contribution in [1.29, 1.82) is 0 Å². The van der Waals surface area contributed by atoms with Crippen LogP contribution in [-0.4, -0.2) is 22.9 Å². The molecule has 0 amide bonds. The molecule has 3 nitrogen and oxygen atoms in total. The number of rotatable bonds is 2. The highest BCUT2D eigenvalue weighted by Crippen LogP contribution is 2.31. The largest absolute Gasteiger partial charge is 0.317 e. The van der Waals surface area contributed by atoms with Crippen LogP contribution in [0.3, 0.4) is 0 Å². The first-order valence-corrected chi connectivity index (χ1v) is 5.10. The molecule has 78 valence electrons. The number of aromatic nitrogens is 2. The van der Waals surface area contributed by atoms with Gasteiger partial charge in [-0.15, -0.1) is 0 Å². The van der Waals surface area contributed by atoms with E-state index in [0.29, 0.717) is 0 Å². The van der Waals surface area contributed by atoms with Crippen LogP contribution in [0.2, 0.25) is 0 Å². The van der Waals surface area contributed by atoms with Crippen LogP contribution >= 0.6 is 0 Å². The zero-order valence-corrected chi connectivity index (χ0v) is 8.41. The van der Waals surface area contributed by atoms with Crippen molar-refractivity contribution in [1.82, 2.24) is 15.1 Å². The van der Waals surface area contributed by atoms with Crippen molar-refractivity contribution >= 4 is 0 Å². The first-order valence-electron chi connectivity index (χ1n) is 5.10. The summed E-state index contributed by atoms with van der Waals surface area (Å²) in [7, 11) is 1.82. The monoisotopic (exact) mass is 197 g/mol. The van der Waals surface area contributed by atoms with Crippen molar-refractivity contribution in [2.45, 2.75) is 19.0 Å². The SMILES string of the molecule is Cn1cc(C(F)C2CCNCC2)cn1. The molecule has 1 aliphatic rings.